The molecule has 1 saturated carbocycles. The summed E-state index contributed by atoms with van der Waals surface area (Å²) in [5.41, 5.74) is 2.03. The van der Waals surface area contributed by atoms with Crippen LogP contribution in [0.3, 0.4) is 0 Å². The summed E-state index contributed by atoms with van der Waals surface area (Å²) in [5, 5.41) is 9.60. The highest BCUT2D eigenvalue weighted by Gasteiger charge is 2.22. The molecule has 0 unspecified atom stereocenters. The van der Waals surface area contributed by atoms with Gasteiger partial charge >= 0.3 is 0 Å². The molecule has 1 fully saturated rings. The smallest absolute Gasteiger partial charge is 0.220 e. The van der Waals surface area contributed by atoms with Crippen molar-refractivity contribution in [3.8, 4) is 0 Å². The Morgan fingerprint density at radius 3 is 2.60 bits per heavy atom. The van der Waals surface area contributed by atoms with Crippen molar-refractivity contribution in [2.45, 2.75) is 45.1 Å². The van der Waals surface area contributed by atoms with Gasteiger partial charge in [0.1, 0.15) is 0 Å². The molecular weight excluding hydrogens is 252 g/mol. The number of pyridine rings is 1. The highest BCUT2D eigenvalue weighted by molar-refractivity contribution is 5.76. The van der Waals surface area contributed by atoms with E-state index in [1.54, 1.807) is 6.20 Å². The molecule has 3 N–H and O–H groups in total. The van der Waals surface area contributed by atoms with E-state index in [0.717, 1.165) is 50.1 Å². The third-order valence-corrected chi connectivity index (χ3v) is 3.17. The van der Waals surface area contributed by atoms with Crippen molar-refractivity contribution in [1.29, 1.82) is 0 Å². The summed E-state index contributed by atoms with van der Waals surface area (Å²) in [6.45, 7) is 3.87. The van der Waals surface area contributed by atoms with Crippen LogP contribution in [0.2, 0.25) is 0 Å². The van der Waals surface area contributed by atoms with Crippen molar-refractivity contribution in [2.24, 2.45) is 0 Å². The molecule has 1 heterocycles. The molecule has 1 aromatic heterocycles. The van der Waals surface area contributed by atoms with E-state index in [9.17, 15) is 4.79 Å². The molecule has 0 aromatic carbocycles. The van der Waals surface area contributed by atoms with Gasteiger partial charge in [-0.3, -0.25) is 9.78 Å². The molecule has 2 rings (SSSR count). The number of rotatable bonds is 9. The van der Waals surface area contributed by atoms with E-state index < -0.39 is 0 Å². The number of carbonyl (C=O) groups is 1. The van der Waals surface area contributed by atoms with E-state index in [1.165, 1.54) is 0 Å². The monoisotopic (exact) mass is 276 g/mol. The molecule has 5 nitrogen and oxygen atoms in total. The second-order valence-electron chi connectivity index (χ2n) is 5.26. The first-order valence-corrected chi connectivity index (χ1v) is 7.50. The lowest BCUT2D eigenvalue weighted by Crippen LogP contribution is -2.25. The van der Waals surface area contributed by atoms with Crippen LogP contribution in [0.15, 0.2) is 18.5 Å². The lowest BCUT2D eigenvalue weighted by Gasteiger charge is -2.09. The van der Waals surface area contributed by atoms with Crippen LogP contribution in [0.25, 0.3) is 0 Å². The number of anilines is 2. The number of aromatic nitrogens is 1. The van der Waals surface area contributed by atoms with Gasteiger partial charge in [0.05, 0.1) is 23.8 Å². The van der Waals surface area contributed by atoms with Crippen LogP contribution in [-0.2, 0) is 4.79 Å². The maximum atomic E-state index is 11.5. The maximum absolute atomic E-state index is 11.5. The zero-order valence-corrected chi connectivity index (χ0v) is 12.1. The highest BCUT2D eigenvalue weighted by atomic mass is 16.1. The normalized spacial score (nSPS) is 13.8. The van der Waals surface area contributed by atoms with E-state index in [4.69, 9.17) is 0 Å². The topological polar surface area (TPSA) is 66.0 Å². The van der Waals surface area contributed by atoms with Crippen molar-refractivity contribution < 1.29 is 4.79 Å². The fourth-order valence-corrected chi connectivity index (χ4v) is 1.91. The minimum absolute atomic E-state index is 0.172. The minimum Gasteiger partial charge on any atom is -0.384 e. The Hall–Kier alpha value is -1.78. The Morgan fingerprint density at radius 2 is 1.95 bits per heavy atom. The van der Waals surface area contributed by atoms with Crippen molar-refractivity contribution in [2.75, 3.05) is 23.7 Å². The van der Waals surface area contributed by atoms with E-state index in [-0.39, 0.29) is 5.91 Å². The molecule has 0 radical (unpaired) electrons. The van der Waals surface area contributed by atoms with Gasteiger partial charge in [-0.15, -0.1) is 0 Å². The van der Waals surface area contributed by atoms with Crippen LogP contribution in [-0.4, -0.2) is 30.0 Å². The molecule has 1 aliphatic carbocycles. The molecule has 110 valence electrons. The first-order valence-electron chi connectivity index (χ1n) is 7.50. The standard InChI is InChI=1S/C15H24N4O/c1-2-7-17-13-9-14(11-16-10-13)18-8-3-4-15(20)19-12-5-6-12/h9-12,17-18H,2-8H2,1H3,(H,19,20). The molecule has 1 aromatic rings. The minimum atomic E-state index is 0.172. The highest BCUT2D eigenvalue weighted by Crippen LogP contribution is 2.18. The van der Waals surface area contributed by atoms with E-state index in [1.807, 2.05) is 12.3 Å². The maximum Gasteiger partial charge on any atom is 0.220 e. The average Bonchev–Trinajstić information content (AvgIpc) is 3.26. The number of hydrogen-bond acceptors (Lipinski definition) is 4. The number of nitrogens with zero attached hydrogens (tertiary/aromatic N) is 1. The zero-order chi connectivity index (χ0) is 14.2. The molecule has 0 atom stereocenters. The summed E-state index contributed by atoms with van der Waals surface area (Å²) >= 11 is 0. The Kier molecular flexibility index (Phi) is 5.65. The fraction of sp³-hybridized carbons (Fsp3) is 0.600. The van der Waals surface area contributed by atoms with Crippen LogP contribution < -0.4 is 16.0 Å². The molecular formula is C15H24N4O. The number of carbonyl (C=O) groups excluding carboxylic acids is 1. The van der Waals surface area contributed by atoms with E-state index in [2.05, 4.69) is 27.9 Å². The predicted octanol–water partition coefficient (Wildman–Crippen LogP) is 2.37. The van der Waals surface area contributed by atoms with Gasteiger partial charge in [-0.25, -0.2) is 0 Å². The van der Waals surface area contributed by atoms with Crippen molar-refractivity contribution >= 4 is 17.3 Å². The lowest BCUT2D eigenvalue weighted by molar-refractivity contribution is -0.121. The Labute approximate surface area is 120 Å². The van der Waals surface area contributed by atoms with E-state index >= 15 is 0 Å². The van der Waals surface area contributed by atoms with Gasteiger partial charge in [0, 0.05) is 25.6 Å². The van der Waals surface area contributed by atoms with Gasteiger partial charge in [-0.2, -0.15) is 0 Å². The van der Waals surface area contributed by atoms with E-state index in [0.29, 0.717) is 12.5 Å². The summed E-state index contributed by atoms with van der Waals surface area (Å²) < 4.78 is 0. The summed E-state index contributed by atoms with van der Waals surface area (Å²) in [4.78, 5) is 15.7. The first-order chi connectivity index (χ1) is 9.78. The van der Waals surface area contributed by atoms with Gasteiger partial charge in [0.25, 0.3) is 0 Å². The summed E-state index contributed by atoms with van der Waals surface area (Å²) in [7, 11) is 0. The first kappa shape index (κ1) is 14.6. The second kappa shape index (κ2) is 7.72. The van der Waals surface area contributed by atoms with Gasteiger partial charge in [-0.05, 0) is 31.7 Å². The summed E-state index contributed by atoms with van der Waals surface area (Å²) in [5.74, 6) is 0.172. The molecule has 0 saturated heterocycles. The SMILES string of the molecule is CCCNc1cncc(NCCCC(=O)NC2CC2)c1. The Morgan fingerprint density at radius 1 is 1.25 bits per heavy atom. The summed E-state index contributed by atoms with van der Waals surface area (Å²) in [6.07, 6.45) is 8.44. The van der Waals surface area contributed by atoms with Gasteiger partial charge in [-0.1, -0.05) is 6.92 Å². The van der Waals surface area contributed by atoms with Crippen molar-refractivity contribution in [3.05, 3.63) is 18.5 Å². The zero-order valence-electron chi connectivity index (χ0n) is 12.1. The number of nitrogens with one attached hydrogen (secondary N) is 3. The van der Waals surface area contributed by atoms with Gasteiger partial charge in [0.15, 0.2) is 0 Å². The quantitative estimate of drug-likeness (QED) is 0.606. The molecule has 5 heteroatoms. The second-order valence-corrected chi connectivity index (χ2v) is 5.26. The third-order valence-electron chi connectivity index (χ3n) is 3.17. The van der Waals surface area contributed by atoms with Gasteiger partial charge in [0.2, 0.25) is 5.91 Å². The molecule has 0 bridgehead atoms. The fourth-order valence-electron chi connectivity index (χ4n) is 1.91. The van der Waals surface area contributed by atoms with Crippen LogP contribution in [0, 0.1) is 0 Å². The summed E-state index contributed by atoms with van der Waals surface area (Å²) in [6, 6.07) is 2.51. The average molecular weight is 276 g/mol. The number of amides is 1. The number of hydrogen-bond donors (Lipinski definition) is 3. The molecule has 20 heavy (non-hydrogen) atoms. The van der Waals surface area contributed by atoms with Crippen LogP contribution in [0.4, 0.5) is 11.4 Å². The molecule has 0 aliphatic heterocycles. The lowest BCUT2D eigenvalue weighted by atomic mass is 10.3. The van der Waals surface area contributed by atoms with Crippen LogP contribution in [0.5, 0.6) is 0 Å². The van der Waals surface area contributed by atoms with Crippen LogP contribution in [0.1, 0.15) is 39.0 Å². The Balaban J connectivity index is 1.63. The third kappa shape index (κ3) is 5.47. The molecule has 1 amide bonds. The largest absolute Gasteiger partial charge is 0.384 e. The Bertz CT molecular complexity index is 432. The van der Waals surface area contributed by atoms with Crippen LogP contribution >= 0.6 is 0 Å². The molecule has 1 aliphatic rings. The van der Waals surface area contributed by atoms with Crippen molar-refractivity contribution in [1.82, 2.24) is 10.3 Å². The van der Waals surface area contributed by atoms with Crippen molar-refractivity contribution in [3.63, 3.8) is 0 Å². The predicted molar refractivity (Wildman–Crippen MR) is 81.9 cm³/mol. The molecule has 0 spiro atoms. The van der Waals surface area contributed by atoms with Gasteiger partial charge < -0.3 is 16.0 Å².